The highest BCUT2D eigenvalue weighted by molar-refractivity contribution is 7.90. The van der Waals surface area contributed by atoms with Gasteiger partial charge in [0.1, 0.15) is 0 Å². The average molecular weight is 607 g/mol. The molecule has 2 fully saturated rings. The number of amides is 1. The molecule has 2 aromatic heterocycles. The summed E-state index contributed by atoms with van der Waals surface area (Å²) in [5.74, 6) is 0.0589. The molecule has 1 amide bonds. The molecule has 2 N–H and O–H groups in total. The van der Waals surface area contributed by atoms with E-state index in [0.29, 0.717) is 44.3 Å². The van der Waals surface area contributed by atoms with Crippen LogP contribution in [-0.4, -0.2) is 84.0 Å². The Bertz CT molecular complexity index is 1650. The number of aliphatic hydroxyl groups is 1. The Balaban J connectivity index is 1.13. The summed E-state index contributed by atoms with van der Waals surface area (Å²) in [6.07, 6.45) is 6.83. The topological polar surface area (TPSA) is 139 Å². The lowest BCUT2D eigenvalue weighted by Gasteiger charge is -2.38. The van der Waals surface area contributed by atoms with Crippen LogP contribution in [0.4, 0.5) is 5.95 Å². The average Bonchev–Trinajstić information content (AvgIpc) is 3.45. The van der Waals surface area contributed by atoms with E-state index in [4.69, 9.17) is 9.57 Å². The van der Waals surface area contributed by atoms with Crippen LogP contribution in [0.3, 0.4) is 0 Å². The number of hydrogen-bond donors (Lipinski definition) is 2. The SMILES string of the molecule is O=C(NOC1CCCCO1)c1cnc(N2CCN(C(CO)c3cn(S(=O)(=O)c4ccccc4)c4ccccc34)CC2)nc1. The van der Waals surface area contributed by atoms with Crippen molar-refractivity contribution >= 4 is 32.8 Å². The Morgan fingerprint density at radius 1 is 1.02 bits per heavy atom. The molecule has 2 unspecified atom stereocenters. The molecule has 12 nitrogen and oxygen atoms in total. The minimum absolute atomic E-state index is 0.173. The number of fused-ring (bicyclic) bond motifs is 1. The van der Waals surface area contributed by atoms with Crippen molar-refractivity contribution in [2.75, 3.05) is 44.3 Å². The van der Waals surface area contributed by atoms with Crippen molar-refractivity contribution in [3.05, 3.63) is 84.3 Å². The van der Waals surface area contributed by atoms with Gasteiger partial charge in [-0.1, -0.05) is 36.4 Å². The van der Waals surface area contributed by atoms with Gasteiger partial charge < -0.3 is 14.7 Å². The maximum Gasteiger partial charge on any atom is 0.278 e. The molecule has 43 heavy (non-hydrogen) atoms. The van der Waals surface area contributed by atoms with Crippen LogP contribution in [0.5, 0.6) is 0 Å². The molecule has 2 aliphatic heterocycles. The van der Waals surface area contributed by atoms with Crippen molar-refractivity contribution in [2.45, 2.75) is 36.5 Å². The van der Waals surface area contributed by atoms with Gasteiger partial charge in [-0.2, -0.15) is 0 Å². The largest absolute Gasteiger partial charge is 0.394 e. The van der Waals surface area contributed by atoms with Gasteiger partial charge in [-0.05, 0) is 36.6 Å². The highest BCUT2D eigenvalue weighted by Crippen LogP contribution is 2.33. The molecule has 0 radical (unpaired) electrons. The number of carbonyl (C=O) groups is 1. The van der Waals surface area contributed by atoms with Crippen LogP contribution in [0.2, 0.25) is 0 Å². The fourth-order valence-corrected chi connectivity index (χ4v) is 6.97. The molecule has 2 atom stereocenters. The van der Waals surface area contributed by atoms with E-state index in [2.05, 4.69) is 20.3 Å². The van der Waals surface area contributed by atoms with Crippen molar-refractivity contribution in [3.8, 4) is 0 Å². The first kappa shape index (κ1) is 29.2. The van der Waals surface area contributed by atoms with E-state index in [1.54, 1.807) is 42.6 Å². The maximum atomic E-state index is 13.6. The van der Waals surface area contributed by atoms with E-state index >= 15 is 0 Å². The van der Waals surface area contributed by atoms with Crippen LogP contribution in [0, 0.1) is 0 Å². The van der Waals surface area contributed by atoms with E-state index in [1.165, 1.54) is 16.4 Å². The number of nitrogens with zero attached hydrogens (tertiary/aromatic N) is 5. The zero-order valence-corrected chi connectivity index (χ0v) is 24.4. The lowest BCUT2D eigenvalue weighted by Crippen LogP contribution is -2.49. The smallest absolute Gasteiger partial charge is 0.278 e. The number of ether oxygens (including phenoxy) is 1. The molecule has 4 aromatic rings. The lowest BCUT2D eigenvalue weighted by molar-refractivity contribution is -0.186. The van der Waals surface area contributed by atoms with Gasteiger partial charge >= 0.3 is 0 Å². The van der Waals surface area contributed by atoms with Crippen LogP contribution in [-0.2, 0) is 19.6 Å². The molecule has 2 aliphatic rings. The van der Waals surface area contributed by atoms with Gasteiger partial charge in [0, 0.05) is 63.2 Å². The first-order valence-corrected chi connectivity index (χ1v) is 15.8. The van der Waals surface area contributed by atoms with Crippen LogP contribution in [0.15, 0.2) is 78.1 Å². The zero-order valence-electron chi connectivity index (χ0n) is 23.6. The second kappa shape index (κ2) is 12.8. The monoisotopic (exact) mass is 606 g/mol. The van der Waals surface area contributed by atoms with Gasteiger partial charge in [0.25, 0.3) is 15.9 Å². The number of carbonyl (C=O) groups excluding carboxylic acids is 1. The van der Waals surface area contributed by atoms with Crippen molar-refractivity contribution < 1.29 is 27.9 Å². The lowest BCUT2D eigenvalue weighted by atomic mass is 10.0. The molecule has 6 rings (SSSR count). The predicted octanol–water partition coefficient (Wildman–Crippen LogP) is 2.71. The number of anilines is 1. The number of aliphatic hydroxyl groups excluding tert-OH is 1. The molecule has 0 spiro atoms. The summed E-state index contributed by atoms with van der Waals surface area (Å²) in [4.78, 5) is 30.9. The minimum atomic E-state index is -3.83. The molecular weight excluding hydrogens is 572 g/mol. The molecule has 0 saturated carbocycles. The van der Waals surface area contributed by atoms with E-state index in [1.807, 2.05) is 23.1 Å². The van der Waals surface area contributed by atoms with E-state index < -0.39 is 28.3 Å². The number of benzene rings is 2. The standard InChI is InChI=1S/C30H34N6O6S/c37-21-27(25-20-36(26-11-5-4-10-24(25)26)43(39,40)23-8-2-1-3-9-23)34-13-15-35(16-14-34)30-31-18-22(19-32-30)29(38)33-42-28-12-6-7-17-41-28/h1-5,8-11,18-20,27-28,37H,6-7,12-17,21H2,(H,33,38). The summed E-state index contributed by atoms with van der Waals surface area (Å²) < 4.78 is 33.9. The second-order valence-corrected chi connectivity index (χ2v) is 12.4. The van der Waals surface area contributed by atoms with Crippen molar-refractivity contribution in [2.24, 2.45) is 0 Å². The van der Waals surface area contributed by atoms with Gasteiger partial charge in [-0.25, -0.2) is 32.7 Å². The van der Waals surface area contributed by atoms with Crippen LogP contribution >= 0.6 is 0 Å². The molecule has 2 saturated heterocycles. The summed E-state index contributed by atoms with van der Waals surface area (Å²) in [5.41, 5.74) is 4.00. The highest BCUT2D eigenvalue weighted by atomic mass is 32.2. The Hall–Kier alpha value is -3.88. The van der Waals surface area contributed by atoms with Gasteiger partial charge in [0.05, 0.1) is 28.6 Å². The third-order valence-electron chi connectivity index (χ3n) is 7.90. The summed E-state index contributed by atoms with van der Waals surface area (Å²) >= 11 is 0. The third-order valence-corrected chi connectivity index (χ3v) is 9.59. The quantitative estimate of drug-likeness (QED) is 0.274. The number of piperazine rings is 1. The van der Waals surface area contributed by atoms with Crippen LogP contribution < -0.4 is 10.4 Å². The van der Waals surface area contributed by atoms with E-state index in [-0.39, 0.29) is 17.1 Å². The number of nitrogens with one attached hydrogen (secondary N) is 1. The molecule has 4 heterocycles. The van der Waals surface area contributed by atoms with Crippen LogP contribution in [0.1, 0.15) is 41.2 Å². The molecule has 226 valence electrons. The second-order valence-electron chi connectivity index (χ2n) is 10.6. The minimum Gasteiger partial charge on any atom is -0.394 e. The van der Waals surface area contributed by atoms with Crippen molar-refractivity contribution in [1.82, 2.24) is 24.3 Å². The van der Waals surface area contributed by atoms with Gasteiger partial charge in [0.2, 0.25) is 5.95 Å². The number of para-hydroxylation sites is 1. The van der Waals surface area contributed by atoms with Crippen molar-refractivity contribution in [3.63, 3.8) is 0 Å². The first-order chi connectivity index (χ1) is 21.0. The Morgan fingerprint density at radius 2 is 1.74 bits per heavy atom. The Kier molecular flexibility index (Phi) is 8.68. The summed E-state index contributed by atoms with van der Waals surface area (Å²) in [6.45, 7) is 2.81. The summed E-state index contributed by atoms with van der Waals surface area (Å²) in [6, 6.07) is 15.3. The van der Waals surface area contributed by atoms with E-state index in [9.17, 15) is 18.3 Å². The molecule has 13 heteroatoms. The van der Waals surface area contributed by atoms with Gasteiger partial charge in [-0.3, -0.25) is 9.69 Å². The molecule has 0 bridgehead atoms. The van der Waals surface area contributed by atoms with Gasteiger partial charge in [0.15, 0.2) is 6.29 Å². The summed E-state index contributed by atoms with van der Waals surface area (Å²) in [5, 5.41) is 11.3. The fraction of sp³-hybridized carbons (Fsp3) is 0.367. The Morgan fingerprint density at radius 3 is 2.44 bits per heavy atom. The van der Waals surface area contributed by atoms with E-state index in [0.717, 1.165) is 30.2 Å². The van der Waals surface area contributed by atoms with Gasteiger partial charge in [-0.15, -0.1) is 0 Å². The maximum absolute atomic E-state index is 13.6. The highest BCUT2D eigenvalue weighted by Gasteiger charge is 2.30. The fourth-order valence-electron chi connectivity index (χ4n) is 5.57. The number of hydrogen-bond acceptors (Lipinski definition) is 10. The zero-order chi connectivity index (χ0) is 29.8. The van der Waals surface area contributed by atoms with Crippen molar-refractivity contribution in [1.29, 1.82) is 0 Å². The number of rotatable bonds is 9. The predicted molar refractivity (Wildman–Crippen MR) is 159 cm³/mol. The number of hydroxylamine groups is 1. The number of aromatic nitrogens is 3. The molecule has 0 aliphatic carbocycles. The summed E-state index contributed by atoms with van der Waals surface area (Å²) in [7, 11) is -3.83. The molecular formula is C30H34N6O6S. The third kappa shape index (κ3) is 6.12. The first-order valence-electron chi connectivity index (χ1n) is 14.4. The Labute approximate surface area is 249 Å². The molecule has 2 aromatic carbocycles. The van der Waals surface area contributed by atoms with Crippen LogP contribution in [0.25, 0.3) is 10.9 Å². The normalized spacial score (nSPS) is 18.9.